The molecule has 1 aliphatic rings. The Morgan fingerprint density at radius 3 is 2.67 bits per heavy atom. The molecule has 2 unspecified atom stereocenters. The van der Waals surface area contributed by atoms with Crippen molar-refractivity contribution in [2.75, 3.05) is 25.9 Å². The van der Waals surface area contributed by atoms with Gasteiger partial charge in [0.05, 0.1) is 6.54 Å². The first-order valence-electron chi connectivity index (χ1n) is 7.97. The van der Waals surface area contributed by atoms with Crippen LogP contribution < -0.4 is 15.4 Å². The van der Waals surface area contributed by atoms with Gasteiger partial charge in [0.2, 0.25) is 0 Å². The average Bonchev–Trinajstić information content (AvgIpc) is 2.92. The van der Waals surface area contributed by atoms with Crippen LogP contribution in [-0.2, 0) is 17.2 Å². The summed E-state index contributed by atoms with van der Waals surface area (Å²) in [5.41, 5.74) is 1.25. The van der Waals surface area contributed by atoms with Crippen LogP contribution in [0, 0.1) is 0 Å². The van der Waals surface area contributed by atoms with Crippen molar-refractivity contribution in [3.8, 4) is 5.75 Å². The van der Waals surface area contributed by atoms with Gasteiger partial charge in [-0.3, -0.25) is 9.20 Å². The Hall–Kier alpha value is -0.830. The first-order chi connectivity index (χ1) is 10.9. The summed E-state index contributed by atoms with van der Waals surface area (Å²) in [4.78, 5) is 4.20. The van der Waals surface area contributed by atoms with Gasteiger partial charge >= 0.3 is 0 Å². The van der Waals surface area contributed by atoms with Gasteiger partial charge in [-0.1, -0.05) is 18.2 Å². The van der Waals surface area contributed by atoms with Crippen molar-refractivity contribution < 1.29 is 8.95 Å². The third kappa shape index (κ3) is 6.23. The van der Waals surface area contributed by atoms with E-state index in [-0.39, 0.29) is 34.8 Å². The van der Waals surface area contributed by atoms with E-state index in [9.17, 15) is 4.21 Å². The number of guanidine groups is 1. The van der Waals surface area contributed by atoms with Crippen molar-refractivity contribution >= 4 is 40.7 Å². The van der Waals surface area contributed by atoms with Crippen LogP contribution in [0.2, 0.25) is 0 Å². The monoisotopic (exact) mass is 465 g/mol. The summed E-state index contributed by atoms with van der Waals surface area (Å²) in [7, 11) is 0.878. The van der Waals surface area contributed by atoms with E-state index in [2.05, 4.69) is 21.7 Å². The van der Waals surface area contributed by atoms with Crippen molar-refractivity contribution in [3.05, 3.63) is 29.8 Å². The molecular weight excluding hydrogens is 437 g/mol. The zero-order valence-corrected chi connectivity index (χ0v) is 17.9. The maximum atomic E-state index is 12.0. The smallest absolute Gasteiger partial charge is 0.191 e. The SMILES string of the molecule is CN=C(NCCS(=O)C(C)(C)C)NCC1Cc2ccccc2O1.I. The van der Waals surface area contributed by atoms with Gasteiger partial charge in [0.15, 0.2) is 5.96 Å². The minimum absolute atomic E-state index is 0. The normalized spacial score (nSPS) is 18.2. The van der Waals surface area contributed by atoms with Crippen molar-refractivity contribution in [3.63, 3.8) is 0 Å². The molecule has 24 heavy (non-hydrogen) atoms. The molecule has 0 saturated carbocycles. The van der Waals surface area contributed by atoms with Crippen LogP contribution >= 0.6 is 24.0 Å². The van der Waals surface area contributed by atoms with Crippen LogP contribution in [0.1, 0.15) is 26.3 Å². The van der Waals surface area contributed by atoms with Crippen LogP contribution in [0.5, 0.6) is 5.75 Å². The Labute approximate surface area is 164 Å². The standard InChI is InChI=1S/C17H27N3O2S.HI/c1-17(2,3)23(21)10-9-19-16(18-4)20-12-14-11-13-7-5-6-8-15(13)22-14;/h5-8,14H,9-12H2,1-4H3,(H2,18,19,20);1H. The number of hydrogen-bond donors (Lipinski definition) is 2. The lowest BCUT2D eigenvalue weighted by Gasteiger charge is -2.19. The number of ether oxygens (including phenoxy) is 1. The number of fused-ring (bicyclic) bond motifs is 1. The maximum absolute atomic E-state index is 12.0. The van der Waals surface area contributed by atoms with E-state index < -0.39 is 10.8 Å². The summed E-state index contributed by atoms with van der Waals surface area (Å²) in [5.74, 6) is 2.30. The molecule has 0 aromatic heterocycles. The Kier molecular flexibility index (Phi) is 8.49. The van der Waals surface area contributed by atoms with Gasteiger partial charge < -0.3 is 15.4 Å². The predicted octanol–water partition coefficient (Wildman–Crippen LogP) is 2.32. The average molecular weight is 465 g/mol. The number of halogens is 1. The highest BCUT2D eigenvalue weighted by Gasteiger charge is 2.22. The van der Waals surface area contributed by atoms with E-state index in [1.807, 2.05) is 39.0 Å². The molecule has 0 radical (unpaired) electrons. The number of benzene rings is 1. The highest BCUT2D eigenvalue weighted by atomic mass is 127. The summed E-state index contributed by atoms with van der Waals surface area (Å²) < 4.78 is 17.7. The van der Waals surface area contributed by atoms with Crippen molar-refractivity contribution in [2.45, 2.75) is 38.0 Å². The van der Waals surface area contributed by atoms with Gasteiger partial charge in [-0.15, -0.1) is 24.0 Å². The Morgan fingerprint density at radius 2 is 2.04 bits per heavy atom. The minimum atomic E-state index is -0.859. The molecule has 7 heteroatoms. The number of nitrogens with zero attached hydrogens (tertiary/aromatic N) is 1. The fraction of sp³-hybridized carbons (Fsp3) is 0.588. The Balaban J connectivity index is 0.00000288. The molecule has 0 bridgehead atoms. The minimum Gasteiger partial charge on any atom is -0.488 e. The lowest BCUT2D eigenvalue weighted by atomic mass is 10.1. The van der Waals surface area contributed by atoms with Gasteiger partial charge in [-0.25, -0.2) is 0 Å². The summed E-state index contributed by atoms with van der Waals surface area (Å²) in [6.45, 7) is 7.30. The number of rotatable bonds is 5. The molecule has 1 aromatic rings. The van der Waals surface area contributed by atoms with E-state index in [1.165, 1.54) is 5.56 Å². The molecule has 2 N–H and O–H groups in total. The number of nitrogens with one attached hydrogen (secondary N) is 2. The summed E-state index contributed by atoms with van der Waals surface area (Å²) in [6.07, 6.45) is 1.03. The topological polar surface area (TPSA) is 62.7 Å². The molecule has 0 saturated heterocycles. The van der Waals surface area contributed by atoms with Crippen LogP contribution in [0.3, 0.4) is 0 Å². The lowest BCUT2D eigenvalue weighted by molar-refractivity contribution is 0.235. The van der Waals surface area contributed by atoms with Crippen molar-refractivity contribution in [1.82, 2.24) is 10.6 Å². The molecule has 0 fully saturated rings. The fourth-order valence-corrected chi connectivity index (χ4v) is 3.27. The fourth-order valence-electron chi connectivity index (χ4n) is 2.37. The van der Waals surface area contributed by atoms with E-state index in [0.29, 0.717) is 18.8 Å². The first kappa shape index (κ1) is 21.2. The first-order valence-corrected chi connectivity index (χ1v) is 9.29. The molecule has 5 nitrogen and oxygen atoms in total. The molecule has 136 valence electrons. The highest BCUT2D eigenvalue weighted by Crippen LogP contribution is 2.27. The maximum Gasteiger partial charge on any atom is 0.191 e. The second-order valence-corrected chi connectivity index (χ2v) is 8.92. The second kappa shape index (κ2) is 9.60. The van der Waals surface area contributed by atoms with Gasteiger partial charge in [-0.2, -0.15) is 0 Å². The largest absolute Gasteiger partial charge is 0.488 e. The van der Waals surface area contributed by atoms with E-state index >= 15 is 0 Å². The zero-order chi connectivity index (χ0) is 16.9. The Bertz CT molecular complexity index is 562. The molecule has 0 amide bonds. The Morgan fingerprint density at radius 1 is 1.33 bits per heavy atom. The molecular formula is C17H28IN3O2S. The summed E-state index contributed by atoms with van der Waals surface area (Å²) >= 11 is 0. The summed E-state index contributed by atoms with van der Waals surface area (Å²) in [6, 6.07) is 8.13. The molecule has 2 atom stereocenters. The van der Waals surface area contributed by atoms with Gasteiger partial charge in [0, 0.05) is 41.3 Å². The predicted molar refractivity (Wildman–Crippen MR) is 112 cm³/mol. The molecule has 2 rings (SSSR count). The highest BCUT2D eigenvalue weighted by molar-refractivity contribution is 14.0. The van der Waals surface area contributed by atoms with Gasteiger partial charge in [0.25, 0.3) is 0 Å². The van der Waals surface area contributed by atoms with Crippen LogP contribution in [0.25, 0.3) is 0 Å². The van der Waals surface area contributed by atoms with Gasteiger partial charge in [-0.05, 0) is 32.4 Å². The van der Waals surface area contributed by atoms with E-state index in [1.54, 1.807) is 7.05 Å². The van der Waals surface area contributed by atoms with Crippen molar-refractivity contribution in [2.24, 2.45) is 4.99 Å². The van der Waals surface area contributed by atoms with Gasteiger partial charge in [0.1, 0.15) is 11.9 Å². The molecule has 1 heterocycles. The third-order valence-corrected chi connectivity index (χ3v) is 5.64. The molecule has 0 spiro atoms. The quantitative estimate of drug-likeness (QED) is 0.398. The van der Waals surface area contributed by atoms with Crippen LogP contribution in [-0.4, -0.2) is 46.9 Å². The third-order valence-electron chi connectivity index (χ3n) is 3.70. The molecule has 1 aliphatic heterocycles. The van der Waals surface area contributed by atoms with Crippen LogP contribution in [0.4, 0.5) is 0 Å². The van der Waals surface area contributed by atoms with Crippen molar-refractivity contribution in [1.29, 1.82) is 0 Å². The number of aliphatic imine (C=N–C) groups is 1. The molecule has 0 aliphatic carbocycles. The van der Waals surface area contributed by atoms with E-state index in [0.717, 1.165) is 18.1 Å². The lowest BCUT2D eigenvalue weighted by Crippen LogP contribution is -2.44. The number of hydrogen-bond acceptors (Lipinski definition) is 3. The number of para-hydroxylation sites is 1. The zero-order valence-electron chi connectivity index (χ0n) is 14.8. The summed E-state index contributed by atoms with van der Waals surface area (Å²) in [5, 5.41) is 6.48. The second-order valence-electron chi connectivity index (χ2n) is 6.59. The van der Waals surface area contributed by atoms with Crippen LogP contribution in [0.15, 0.2) is 29.3 Å². The molecule has 1 aromatic carbocycles. The van der Waals surface area contributed by atoms with E-state index in [4.69, 9.17) is 4.74 Å².